The second-order valence-electron chi connectivity index (χ2n) is 9.77. The number of rotatable bonds is 7. The van der Waals surface area contributed by atoms with E-state index in [1.54, 1.807) is 24.5 Å². The molecule has 2 aromatic heterocycles. The molecule has 1 aliphatic heterocycles. The summed E-state index contributed by atoms with van der Waals surface area (Å²) in [6, 6.07) is 12.4. The summed E-state index contributed by atoms with van der Waals surface area (Å²) in [7, 11) is -4.04. The van der Waals surface area contributed by atoms with Crippen LogP contribution in [-0.2, 0) is 27.5 Å². The molecule has 1 fully saturated rings. The number of hydrogen-bond donors (Lipinski definition) is 1. The minimum atomic E-state index is -4.77. The SMILES string of the molecule is O=C(/C=C/c1cccnc1)NCc1cc2cc(-c3ccc(S(=O)(=O)N4CCC(F)(F)CC4)cc3)cc(C(F)(F)F)c2o1. The molecule has 7 nitrogen and oxygen atoms in total. The van der Waals surface area contributed by atoms with Crippen LogP contribution in [0.15, 0.2) is 82.4 Å². The van der Waals surface area contributed by atoms with E-state index in [-0.39, 0.29) is 41.2 Å². The van der Waals surface area contributed by atoms with Gasteiger partial charge in [0.15, 0.2) is 0 Å². The summed E-state index contributed by atoms with van der Waals surface area (Å²) in [5.74, 6) is -3.30. The molecule has 0 unspecified atom stereocenters. The fourth-order valence-corrected chi connectivity index (χ4v) is 6.01. The molecule has 1 N–H and O–H groups in total. The van der Waals surface area contributed by atoms with E-state index in [0.29, 0.717) is 11.1 Å². The van der Waals surface area contributed by atoms with Gasteiger partial charge in [0, 0.05) is 49.8 Å². The third kappa shape index (κ3) is 6.52. The summed E-state index contributed by atoms with van der Waals surface area (Å²) < 4.78 is 101. The monoisotopic (exact) mass is 605 g/mol. The molecule has 2 aromatic carbocycles. The lowest BCUT2D eigenvalue weighted by Gasteiger charge is -2.30. The number of furan rings is 1. The van der Waals surface area contributed by atoms with Crippen LogP contribution in [0, 0.1) is 0 Å². The molecular formula is C29H24F5N3O4S. The van der Waals surface area contributed by atoms with Gasteiger partial charge in [0.1, 0.15) is 11.3 Å². The average Bonchev–Trinajstić information content (AvgIpc) is 3.37. The number of nitrogens with one attached hydrogen (secondary N) is 1. The number of pyridine rings is 1. The van der Waals surface area contributed by atoms with Crippen LogP contribution in [0.5, 0.6) is 0 Å². The van der Waals surface area contributed by atoms with Crippen molar-refractivity contribution in [1.29, 1.82) is 0 Å². The van der Waals surface area contributed by atoms with Crippen molar-refractivity contribution in [1.82, 2.24) is 14.6 Å². The first kappa shape index (κ1) is 29.4. The number of alkyl halides is 5. The molecule has 220 valence electrons. The van der Waals surface area contributed by atoms with Crippen LogP contribution in [0.4, 0.5) is 22.0 Å². The van der Waals surface area contributed by atoms with Crippen molar-refractivity contribution in [2.24, 2.45) is 0 Å². The van der Waals surface area contributed by atoms with Crippen LogP contribution in [0.1, 0.15) is 29.7 Å². The van der Waals surface area contributed by atoms with Crippen molar-refractivity contribution in [3.63, 3.8) is 0 Å². The van der Waals surface area contributed by atoms with E-state index >= 15 is 0 Å². The van der Waals surface area contributed by atoms with Gasteiger partial charge in [0.2, 0.25) is 15.9 Å². The minimum absolute atomic E-state index is 0.101. The fourth-order valence-electron chi connectivity index (χ4n) is 4.57. The molecule has 0 atom stereocenters. The largest absolute Gasteiger partial charge is 0.459 e. The third-order valence-electron chi connectivity index (χ3n) is 6.80. The number of hydrogen-bond acceptors (Lipinski definition) is 5. The van der Waals surface area contributed by atoms with Crippen molar-refractivity contribution in [2.45, 2.75) is 36.4 Å². The van der Waals surface area contributed by atoms with Crippen LogP contribution in [0.25, 0.3) is 28.2 Å². The van der Waals surface area contributed by atoms with Gasteiger partial charge in [0.05, 0.1) is 17.0 Å². The van der Waals surface area contributed by atoms with Gasteiger partial charge in [-0.2, -0.15) is 17.5 Å². The molecule has 0 aliphatic carbocycles. The number of fused-ring (bicyclic) bond motifs is 1. The Bertz CT molecular complexity index is 1720. The molecule has 1 aliphatic rings. The van der Waals surface area contributed by atoms with Gasteiger partial charge in [-0.15, -0.1) is 0 Å². The predicted octanol–water partition coefficient (Wildman–Crippen LogP) is 6.26. The topological polar surface area (TPSA) is 92.5 Å². The molecule has 1 saturated heterocycles. The zero-order chi connectivity index (χ0) is 30.1. The highest BCUT2D eigenvalue weighted by Crippen LogP contribution is 2.40. The molecule has 0 radical (unpaired) electrons. The summed E-state index contributed by atoms with van der Waals surface area (Å²) in [6.45, 7) is -0.813. The molecule has 3 heterocycles. The Labute approximate surface area is 237 Å². The summed E-state index contributed by atoms with van der Waals surface area (Å²) in [5, 5.41) is 2.70. The Kier molecular flexibility index (Phi) is 7.90. The second-order valence-corrected chi connectivity index (χ2v) is 11.7. The third-order valence-corrected chi connectivity index (χ3v) is 8.71. The molecule has 42 heavy (non-hydrogen) atoms. The van der Waals surface area contributed by atoms with E-state index in [2.05, 4.69) is 10.3 Å². The lowest BCUT2D eigenvalue weighted by Crippen LogP contribution is -2.42. The number of sulfonamides is 1. The first-order valence-corrected chi connectivity index (χ1v) is 14.2. The van der Waals surface area contributed by atoms with Gasteiger partial charge < -0.3 is 9.73 Å². The number of halogens is 5. The molecule has 4 aromatic rings. The molecular weight excluding hydrogens is 581 g/mol. The Balaban J connectivity index is 1.37. The van der Waals surface area contributed by atoms with Gasteiger partial charge in [-0.1, -0.05) is 18.2 Å². The van der Waals surface area contributed by atoms with Gasteiger partial charge in [-0.05, 0) is 59.2 Å². The van der Waals surface area contributed by atoms with Crippen molar-refractivity contribution in [3.05, 3.63) is 90.0 Å². The van der Waals surface area contributed by atoms with E-state index in [1.165, 1.54) is 48.6 Å². The van der Waals surface area contributed by atoms with E-state index in [1.807, 2.05) is 0 Å². The number of piperidine rings is 1. The van der Waals surface area contributed by atoms with Gasteiger partial charge in [-0.3, -0.25) is 9.78 Å². The smallest absolute Gasteiger partial charge is 0.420 e. The summed E-state index contributed by atoms with van der Waals surface area (Å²) in [6.07, 6.45) is 0.0255. The Morgan fingerprint density at radius 1 is 1.05 bits per heavy atom. The quantitative estimate of drug-likeness (QED) is 0.198. The maximum Gasteiger partial charge on any atom is 0.420 e. The lowest BCUT2D eigenvalue weighted by atomic mass is 10.0. The minimum Gasteiger partial charge on any atom is -0.459 e. The van der Waals surface area contributed by atoms with Crippen LogP contribution in [0.3, 0.4) is 0 Å². The van der Waals surface area contributed by atoms with E-state index in [9.17, 15) is 35.2 Å². The predicted molar refractivity (Wildman–Crippen MR) is 145 cm³/mol. The number of amides is 1. The van der Waals surface area contributed by atoms with Gasteiger partial charge in [-0.25, -0.2) is 17.2 Å². The molecule has 1 amide bonds. The van der Waals surface area contributed by atoms with Gasteiger partial charge >= 0.3 is 6.18 Å². The average molecular weight is 606 g/mol. The number of carbonyl (C=O) groups is 1. The first-order chi connectivity index (χ1) is 19.8. The molecule has 0 bridgehead atoms. The van der Waals surface area contributed by atoms with E-state index in [4.69, 9.17) is 4.42 Å². The zero-order valence-electron chi connectivity index (χ0n) is 21.9. The van der Waals surface area contributed by atoms with Crippen molar-refractivity contribution < 1.29 is 39.6 Å². The molecule has 0 spiro atoms. The van der Waals surface area contributed by atoms with E-state index in [0.717, 1.165) is 10.4 Å². The lowest BCUT2D eigenvalue weighted by molar-refractivity contribution is -0.136. The van der Waals surface area contributed by atoms with Crippen molar-refractivity contribution >= 4 is 33.0 Å². The highest BCUT2D eigenvalue weighted by Gasteiger charge is 2.39. The molecule has 0 saturated carbocycles. The number of aromatic nitrogens is 1. The van der Waals surface area contributed by atoms with Crippen LogP contribution in [0.2, 0.25) is 0 Å². The normalized spacial score (nSPS) is 16.2. The van der Waals surface area contributed by atoms with Crippen LogP contribution >= 0.6 is 0 Å². The standard InChI is InChI=1S/C29H24F5N3O4S/c30-28(31)9-12-37(13-10-28)42(39,40)24-6-4-20(5-7-24)21-14-22-15-23(41-27(22)25(16-21)29(32,33)34)18-36-26(38)8-3-19-2-1-11-35-17-19/h1-8,11,14-17H,9-10,12-13,18H2,(H,36,38)/b8-3+. The van der Waals surface area contributed by atoms with E-state index < -0.39 is 52.0 Å². The van der Waals surface area contributed by atoms with Crippen molar-refractivity contribution in [2.75, 3.05) is 13.1 Å². The maximum absolute atomic E-state index is 14.0. The number of carbonyl (C=O) groups excluding carboxylic acids is 1. The second kappa shape index (κ2) is 11.3. The van der Waals surface area contributed by atoms with Crippen LogP contribution in [-0.4, -0.2) is 42.6 Å². The zero-order valence-corrected chi connectivity index (χ0v) is 22.7. The fraction of sp³-hybridized carbons (Fsp3) is 0.241. The molecule has 13 heteroatoms. The number of benzene rings is 2. The van der Waals surface area contributed by atoms with Crippen molar-refractivity contribution in [3.8, 4) is 11.1 Å². The summed E-state index contributed by atoms with van der Waals surface area (Å²) in [4.78, 5) is 16.0. The Morgan fingerprint density at radius 3 is 2.40 bits per heavy atom. The Hall–Kier alpha value is -4.10. The highest BCUT2D eigenvalue weighted by atomic mass is 32.2. The van der Waals surface area contributed by atoms with Crippen LogP contribution < -0.4 is 5.32 Å². The maximum atomic E-state index is 14.0. The number of nitrogens with zero attached hydrogens (tertiary/aromatic N) is 2. The highest BCUT2D eigenvalue weighted by molar-refractivity contribution is 7.89. The summed E-state index contributed by atoms with van der Waals surface area (Å²) in [5.41, 5.74) is -0.270. The van der Waals surface area contributed by atoms with Gasteiger partial charge in [0.25, 0.3) is 5.92 Å². The Morgan fingerprint density at radius 2 is 1.76 bits per heavy atom. The molecule has 5 rings (SSSR count). The summed E-state index contributed by atoms with van der Waals surface area (Å²) >= 11 is 0. The first-order valence-electron chi connectivity index (χ1n) is 12.8.